The highest BCUT2D eigenvalue weighted by Gasteiger charge is 2.59. The van der Waals surface area contributed by atoms with E-state index in [0.717, 1.165) is 11.4 Å². The third-order valence-electron chi connectivity index (χ3n) is 6.15. The molecule has 0 unspecified atom stereocenters. The zero-order chi connectivity index (χ0) is 21.5. The predicted octanol–water partition coefficient (Wildman–Crippen LogP) is 3.31. The first-order chi connectivity index (χ1) is 15.0. The zero-order valence-corrected chi connectivity index (χ0v) is 16.5. The van der Waals surface area contributed by atoms with Crippen molar-refractivity contribution in [3.63, 3.8) is 0 Å². The lowest BCUT2D eigenvalue weighted by atomic mass is 9.85. The van der Waals surface area contributed by atoms with Crippen molar-refractivity contribution in [3.05, 3.63) is 81.9 Å². The average molecular weight is 417 g/mol. The second-order valence-electron chi connectivity index (χ2n) is 8.02. The van der Waals surface area contributed by atoms with E-state index < -0.39 is 4.92 Å². The standard InChI is InChI=1S/C23H19N3O5/c27-22-20-16-7-8-17(11-16)21(20)23(28)25(22)24-12-14-3-2-6-19(10-14)31-13-15-4-1-5-18(9-15)26(29)30/h1-10,12,16-17,20-21H,11,13H2/t16-,17-,20-,21+/m0/s1. The van der Waals surface area contributed by atoms with Crippen molar-refractivity contribution in [2.45, 2.75) is 13.0 Å². The van der Waals surface area contributed by atoms with Crippen LogP contribution in [0.5, 0.6) is 5.75 Å². The van der Waals surface area contributed by atoms with Crippen LogP contribution in [0.3, 0.4) is 0 Å². The number of hydrazone groups is 1. The molecule has 0 N–H and O–H groups in total. The van der Waals surface area contributed by atoms with Crippen molar-refractivity contribution >= 4 is 23.7 Å². The summed E-state index contributed by atoms with van der Waals surface area (Å²) in [5.74, 6) is -0.140. The molecule has 8 heteroatoms. The smallest absolute Gasteiger partial charge is 0.269 e. The van der Waals surface area contributed by atoms with Gasteiger partial charge >= 0.3 is 0 Å². The zero-order valence-electron chi connectivity index (χ0n) is 16.5. The lowest BCUT2D eigenvalue weighted by Gasteiger charge is -2.13. The fourth-order valence-corrected chi connectivity index (χ4v) is 4.74. The van der Waals surface area contributed by atoms with E-state index in [4.69, 9.17) is 4.74 Å². The molecule has 2 aliphatic carbocycles. The maximum atomic E-state index is 12.7. The molecule has 5 rings (SSSR count). The summed E-state index contributed by atoms with van der Waals surface area (Å²) in [4.78, 5) is 35.8. The van der Waals surface area contributed by atoms with Crippen LogP contribution in [0, 0.1) is 33.8 Å². The fourth-order valence-electron chi connectivity index (χ4n) is 4.74. The summed E-state index contributed by atoms with van der Waals surface area (Å²) in [5.41, 5.74) is 1.36. The Balaban J connectivity index is 1.26. The van der Waals surface area contributed by atoms with Gasteiger partial charge in [-0.25, -0.2) is 0 Å². The van der Waals surface area contributed by atoms with Crippen LogP contribution >= 0.6 is 0 Å². The summed E-state index contributed by atoms with van der Waals surface area (Å²) < 4.78 is 5.74. The minimum absolute atomic E-state index is 0.00957. The van der Waals surface area contributed by atoms with Gasteiger partial charge in [0.05, 0.1) is 23.0 Å². The van der Waals surface area contributed by atoms with Crippen molar-refractivity contribution in [2.75, 3.05) is 0 Å². The number of ether oxygens (including phenoxy) is 1. The minimum Gasteiger partial charge on any atom is -0.489 e. The number of carbonyl (C=O) groups excluding carboxylic acids is 2. The van der Waals surface area contributed by atoms with Crippen molar-refractivity contribution in [1.29, 1.82) is 0 Å². The Hall–Kier alpha value is -3.81. The molecule has 2 amide bonds. The van der Waals surface area contributed by atoms with Crippen LogP contribution in [0.25, 0.3) is 0 Å². The second kappa shape index (κ2) is 7.46. The number of amides is 2. The van der Waals surface area contributed by atoms with Gasteiger partial charge in [0.1, 0.15) is 12.4 Å². The normalized spacial score (nSPS) is 26.1. The first-order valence-electron chi connectivity index (χ1n) is 10.1. The second-order valence-corrected chi connectivity index (χ2v) is 8.02. The number of nitro groups is 1. The Morgan fingerprint density at radius 2 is 1.77 bits per heavy atom. The summed E-state index contributed by atoms with van der Waals surface area (Å²) in [6.45, 7) is 0.171. The van der Waals surface area contributed by atoms with Crippen molar-refractivity contribution in [3.8, 4) is 5.75 Å². The number of allylic oxidation sites excluding steroid dienone is 2. The molecular weight excluding hydrogens is 398 g/mol. The van der Waals surface area contributed by atoms with E-state index in [1.54, 1.807) is 36.4 Å². The molecule has 0 spiro atoms. The Bertz CT molecular complexity index is 1110. The highest BCUT2D eigenvalue weighted by atomic mass is 16.6. The molecule has 1 aliphatic heterocycles. The van der Waals surface area contributed by atoms with Gasteiger partial charge in [0.25, 0.3) is 17.5 Å². The number of hydrogen-bond acceptors (Lipinski definition) is 6. The maximum absolute atomic E-state index is 12.7. The number of non-ortho nitro benzene ring substituents is 1. The van der Waals surface area contributed by atoms with Gasteiger partial charge < -0.3 is 4.74 Å². The molecule has 0 aromatic heterocycles. The highest BCUT2D eigenvalue weighted by molar-refractivity contribution is 6.06. The molecule has 2 fully saturated rings. The minimum atomic E-state index is -0.447. The highest BCUT2D eigenvalue weighted by Crippen LogP contribution is 2.52. The molecule has 2 bridgehead atoms. The molecule has 156 valence electrons. The third-order valence-corrected chi connectivity index (χ3v) is 6.15. The van der Waals surface area contributed by atoms with Crippen LogP contribution in [0.15, 0.2) is 65.8 Å². The quantitative estimate of drug-likeness (QED) is 0.236. The van der Waals surface area contributed by atoms with Crippen molar-refractivity contribution in [1.82, 2.24) is 5.01 Å². The van der Waals surface area contributed by atoms with Crippen LogP contribution in [0.4, 0.5) is 5.69 Å². The summed E-state index contributed by atoms with van der Waals surface area (Å²) in [6.07, 6.45) is 6.46. The molecule has 2 aromatic rings. The number of hydrogen-bond donors (Lipinski definition) is 0. The van der Waals surface area contributed by atoms with E-state index in [0.29, 0.717) is 16.9 Å². The maximum Gasteiger partial charge on any atom is 0.269 e. The van der Waals surface area contributed by atoms with E-state index in [-0.39, 0.29) is 47.8 Å². The Morgan fingerprint density at radius 3 is 2.48 bits per heavy atom. The van der Waals surface area contributed by atoms with Gasteiger partial charge in [0, 0.05) is 12.1 Å². The summed E-state index contributed by atoms with van der Waals surface area (Å²) in [6, 6.07) is 13.3. The first-order valence-corrected chi connectivity index (χ1v) is 10.1. The van der Waals surface area contributed by atoms with E-state index in [1.165, 1.54) is 18.3 Å². The molecule has 8 nitrogen and oxygen atoms in total. The van der Waals surface area contributed by atoms with Gasteiger partial charge in [0.2, 0.25) is 0 Å². The summed E-state index contributed by atoms with van der Waals surface area (Å²) >= 11 is 0. The molecule has 1 saturated heterocycles. The molecule has 4 atom stereocenters. The largest absolute Gasteiger partial charge is 0.489 e. The fraction of sp³-hybridized carbons (Fsp3) is 0.261. The van der Waals surface area contributed by atoms with Crippen LogP contribution in [0.2, 0.25) is 0 Å². The molecular formula is C23H19N3O5. The molecule has 2 aromatic carbocycles. The number of fused-ring (bicyclic) bond motifs is 5. The number of nitrogens with zero attached hydrogens (tertiary/aromatic N) is 3. The summed E-state index contributed by atoms with van der Waals surface area (Å²) in [7, 11) is 0. The van der Waals surface area contributed by atoms with Crippen LogP contribution < -0.4 is 4.74 Å². The number of rotatable bonds is 6. The van der Waals surface area contributed by atoms with Gasteiger partial charge in [-0.15, -0.1) is 0 Å². The van der Waals surface area contributed by atoms with Gasteiger partial charge in [0.15, 0.2) is 0 Å². The number of imide groups is 1. The predicted molar refractivity (Wildman–Crippen MR) is 111 cm³/mol. The summed E-state index contributed by atoms with van der Waals surface area (Å²) in [5, 5.41) is 16.1. The number of carbonyl (C=O) groups is 2. The van der Waals surface area contributed by atoms with Gasteiger partial charge in [-0.3, -0.25) is 19.7 Å². The number of benzene rings is 2. The molecule has 31 heavy (non-hydrogen) atoms. The van der Waals surface area contributed by atoms with E-state index in [2.05, 4.69) is 5.10 Å². The SMILES string of the molecule is O=C1[C@@H]2[C@H](C(=O)N1N=Cc1cccc(OCc3cccc([N+](=O)[O-])c3)c1)[C@H]1C=C[C@H]2C1. The van der Waals surface area contributed by atoms with Crippen LogP contribution in [-0.2, 0) is 16.2 Å². The van der Waals surface area contributed by atoms with Gasteiger partial charge in [-0.1, -0.05) is 36.4 Å². The van der Waals surface area contributed by atoms with Crippen molar-refractivity contribution in [2.24, 2.45) is 28.8 Å². The first kappa shape index (κ1) is 19.2. The van der Waals surface area contributed by atoms with Crippen LogP contribution in [-0.4, -0.2) is 28.0 Å². The third kappa shape index (κ3) is 3.39. The van der Waals surface area contributed by atoms with Crippen LogP contribution in [0.1, 0.15) is 17.5 Å². The topological polar surface area (TPSA) is 102 Å². The molecule has 0 radical (unpaired) electrons. The molecule has 3 aliphatic rings. The van der Waals surface area contributed by atoms with E-state index >= 15 is 0 Å². The Morgan fingerprint density at radius 1 is 1.06 bits per heavy atom. The number of nitro benzene ring substituents is 1. The Labute approximate surface area is 178 Å². The van der Waals surface area contributed by atoms with E-state index in [9.17, 15) is 19.7 Å². The van der Waals surface area contributed by atoms with Crippen molar-refractivity contribution < 1.29 is 19.2 Å². The Kier molecular flexibility index (Phi) is 4.62. The molecule has 1 saturated carbocycles. The lowest BCUT2D eigenvalue weighted by Crippen LogP contribution is -2.28. The van der Waals surface area contributed by atoms with E-state index in [1.807, 2.05) is 12.2 Å². The average Bonchev–Trinajstić information content (AvgIpc) is 3.46. The monoisotopic (exact) mass is 417 g/mol. The lowest BCUT2D eigenvalue weighted by molar-refractivity contribution is -0.384. The van der Waals surface area contributed by atoms with Gasteiger partial charge in [-0.2, -0.15) is 10.1 Å². The van der Waals surface area contributed by atoms with Gasteiger partial charge in [-0.05, 0) is 41.5 Å². The molecule has 1 heterocycles.